The van der Waals surface area contributed by atoms with Gasteiger partial charge in [0.15, 0.2) is 4.96 Å². The van der Waals surface area contributed by atoms with Gasteiger partial charge in [-0.05, 0) is 48.5 Å². The van der Waals surface area contributed by atoms with Gasteiger partial charge in [0, 0.05) is 27.1 Å². The van der Waals surface area contributed by atoms with Gasteiger partial charge in [-0.1, -0.05) is 11.6 Å². The molecule has 0 saturated carbocycles. The van der Waals surface area contributed by atoms with Gasteiger partial charge in [-0.3, -0.25) is 9.20 Å². The predicted molar refractivity (Wildman–Crippen MR) is 109 cm³/mol. The number of halogens is 2. The third-order valence-corrected chi connectivity index (χ3v) is 5.84. The summed E-state index contributed by atoms with van der Waals surface area (Å²) in [5.41, 5.74) is 1.36. The summed E-state index contributed by atoms with van der Waals surface area (Å²) < 4.78 is 15.1. The molecular weight excluding hydrogens is 405 g/mol. The predicted octanol–water partition coefficient (Wildman–Crippen LogP) is 5.59. The zero-order valence-electron chi connectivity index (χ0n) is 13.9. The highest BCUT2D eigenvalue weighted by Crippen LogP contribution is 2.31. The Morgan fingerprint density at radius 2 is 1.93 bits per heavy atom. The van der Waals surface area contributed by atoms with Crippen molar-refractivity contribution in [2.75, 3.05) is 11.1 Å². The lowest BCUT2D eigenvalue weighted by atomic mass is 10.1. The summed E-state index contributed by atoms with van der Waals surface area (Å²) in [4.78, 5) is 18.8. The molecule has 2 aromatic heterocycles. The van der Waals surface area contributed by atoms with E-state index in [9.17, 15) is 9.18 Å². The maximum atomic E-state index is 13.2. The molecule has 27 heavy (non-hydrogen) atoms. The van der Waals surface area contributed by atoms with E-state index in [2.05, 4.69) is 10.3 Å². The van der Waals surface area contributed by atoms with E-state index in [1.54, 1.807) is 24.3 Å². The van der Waals surface area contributed by atoms with Crippen LogP contribution in [-0.2, 0) is 4.79 Å². The van der Waals surface area contributed by atoms with Crippen LogP contribution in [0.25, 0.3) is 16.2 Å². The molecule has 0 atom stereocenters. The molecule has 136 valence electrons. The number of hydrogen-bond donors (Lipinski definition) is 1. The van der Waals surface area contributed by atoms with E-state index in [0.29, 0.717) is 16.5 Å². The minimum Gasteiger partial charge on any atom is -0.309 e. The fraction of sp³-hybridized carbons (Fsp3) is 0.0526. The molecule has 0 aliphatic rings. The lowest BCUT2D eigenvalue weighted by molar-refractivity contribution is -0.113. The number of anilines is 1. The number of carbonyl (C=O) groups excluding carboxylic acids is 1. The van der Waals surface area contributed by atoms with Crippen LogP contribution in [0.3, 0.4) is 0 Å². The molecule has 0 saturated heterocycles. The summed E-state index contributed by atoms with van der Waals surface area (Å²) >= 11 is 8.77. The molecule has 0 bridgehead atoms. The second-order valence-electron chi connectivity index (χ2n) is 5.66. The van der Waals surface area contributed by atoms with Crippen LogP contribution in [0.5, 0.6) is 0 Å². The molecule has 2 aromatic carbocycles. The minimum atomic E-state index is -0.315. The van der Waals surface area contributed by atoms with Crippen LogP contribution >= 0.6 is 34.7 Å². The Hall–Kier alpha value is -2.35. The third-order valence-electron chi connectivity index (χ3n) is 3.82. The molecule has 0 fully saturated rings. The Bertz CT molecular complexity index is 1090. The van der Waals surface area contributed by atoms with Crippen LogP contribution in [0, 0.1) is 5.82 Å². The van der Waals surface area contributed by atoms with Crippen molar-refractivity contribution in [3.8, 4) is 11.3 Å². The highest BCUT2D eigenvalue weighted by molar-refractivity contribution is 8.00. The van der Waals surface area contributed by atoms with Gasteiger partial charge >= 0.3 is 0 Å². The highest BCUT2D eigenvalue weighted by atomic mass is 35.5. The van der Waals surface area contributed by atoms with Crippen LogP contribution < -0.4 is 5.32 Å². The van der Waals surface area contributed by atoms with E-state index in [1.807, 2.05) is 28.1 Å². The number of thioether (sulfide) groups is 1. The number of imidazole rings is 1. The molecular formula is C19H13ClFN3OS2. The van der Waals surface area contributed by atoms with Crippen molar-refractivity contribution >= 4 is 51.4 Å². The topological polar surface area (TPSA) is 46.4 Å². The van der Waals surface area contributed by atoms with E-state index < -0.39 is 0 Å². The molecule has 1 amide bonds. The summed E-state index contributed by atoms with van der Waals surface area (Å²) in [6.07, 6.45) is 1.85. The molecule has 0 radical (unpaired) electrons. The van der Waals surface area contributed by atoms with Crippen molar-refractivity contribution < 1.29 is 9.18 Å². The summed E-state index contributed by atoms with van der Waals surface area (Å²) in [6.45, 7) is 0. The quantitative estimate of drug-likeness (QED) is 0.431. The average molecular weight is 418 g/mol. The fourth-order valence-electron chi connectivity index (χ4n) is 2.56. The van der Waals surface area contributed by atoms with Crippen LogP contribution in [0.1, 0.15) is 0 Å². The summed E-state index contributed by atoms with van der Waals surface area (Å²) in [5, 5.41) is 5.50. The smallest absolute Gasteiger partial charge is 0.235 e. The molecule has 0 aliphatic carbocycles. The van der Waals surface area contributed by atoms with Gasteiger partial charge in [0.1, 0.15) is 17.3 Å². The van der Waals surface area contributed by atoms with Crippen molar-refractivity contribution in [2.24, 2.45) is 0 Å². The van der Waals surface area contributed by atoms with Crippen LogP contribution in [0.4, 0.5) is 10.2 Å². The Morgan fingerprint density at radius 1 is 1.19 bits per heavy atom. The zero-order chi connectivity index (χ0) is 18.8. The standard InChI is InChI=1S/C19H13ClFN3OS2/c20-13-3-7-15(8-4-13)27-11-16(25)22-18-17(12-1-5-14(21)6-2-12)23-19-24(18)9-10-26-19/h1-10H,11H2,(H,22,25). The van der Waals surface area contributed by atoms with Crippen molar-refractivity contribution in [2.45, 2.75) is 4.90 Å². The Labute approximate surface area is 168 Å². The van der Waals surface area contributed by atoms with Crippen molar-refractivity contribution in [3.63, 3.8) is 0 Å². The van der Waals surface area contributed by atoms with Crippen LogP contribution in [-0.4, -0.2) is 21.0 Å². The number of rotatable bonds is 5. The number of thiazole rings is 1. The van der Waals surface area contributed by atoms with E-state index >= 15 is 0 Å². The first kappa shape index (κ1) is 18.0. The third kappa shape index (κ3) is 4.00. The van der Waals surface area contributed by atoms with Gasteiger partial charge in [0.05, 0.1) is 5.75 Å². The van der Waals surface area contributed by atoms with Crippen molar-refractivity contribution in [1.82, 2.24) is 9.38 Å². The van der Waals surface area contributed by atoms with Crippen molar-refractivity contribution in [3.05, 3.63) is 70.9 Å². The van der Waals surface area contributed by atoms with E-state index in [0.717, 1.165) is 15.4 Å². The minimum absolute atomic E-state index is 0.147. The molecule has 0 spiro atoms. The molecule has 4 aromatic rings. The molecule has 2 heterocycles. The van der Waals surface area contributed by atoms with Gasteiger partial charge in [-0.25, -0.2) is 9.37 Å². The highest BCUT2D eigenvalue weighted by Gasteiger charge is 2.17. The summed E-state index contributed by atoms with van der Waals surface area (Å²) in [5.74, 6) is 0.373. The van der Waals surface area contributed by atoms with E-state index in [1.165, 1.54) is 35.2 Å². The number of nitrogens with one attached hydrogen (secondary N) is 1. The number of aromatic nitrogens is 2. The second-order valence-corrected chi connectivity index (χ2v) is 8.02. The lowest BCUT2D eigenvalue weighted by Gasteiger charge is -2.07. The molecule has 0 unspecified atom stereocenters. The number of carbonyl (C=O) groups is 1. The van der Waals surface area contributed by atoms with E-state index in [-0.39, 0.29) is 17.5 Å². The number of hydrogen-bond acceptors (Lipinski definition) is 4. The second kappa shape index (κ2) is 7.72. The van der Waals surface area contributed by atoms with Crippen LogP contribution in [0.2, 0.25) is 5.02 Å². The largest absolute Gasteiger partial charge is 0.309 e. The zero-order valence-corrected chi connectivity index (χ0v) is 16.2. The first-order valence-corrected chi connectivity index (χ1v) is 10.2. The SMILES string of the molecule is O=C(CSc1ccc(Cl)cc1)Nc1c(-c2ccc(F)cc2)nc2sccn12. The number of fused-ring (bicyclic) bond motifs is 1. The molecule has 4 nitrogen and oxygen atoms in total. The Balaban J connectivity index is 1.56. The molecule has 1 N–H and O–H groups in total. The Kier molecular flexibility index (Phi) is 5.15. The maximum Gasteiger partial charge on any atom is 0.235 e. The summed E-state index contributed by atoms with van der Waals surface area (Å²) in [6, 6.07) is 13.4. The average Bonchev–Trinajstić information content (AvgIpc) is 3.25. The number of amides is 1. The maximum absolute atomic E-state index is 13.2. The summed E-state index contributed by atoms with van der Waals surface area (Å²) in [7, 11) is 0. The lowest BCUT2D eigenvalue weighted by Crippen LogP contribution is -2.15. The first-order chi connectivity index (χ1) is 13.1. The first-order valence-electron chi connectivity index (χ1n) is 8.00. The normalized spacial score (nSPS) is 11.0. The molecule has 8 heteroatoms. The van der Waals surface area contributed by atoms with Gasteiger partial charge in [-0.15, -0.1) is 23.1 Å². The molecule has 4 rings (SSSR count). The molecule has 0 aliphatic heterocycles. The van der Waals surface area contributed by atoms with E-state index in [4.69, 9.17) is 11.6 Å². The monoisotopic (exact) mass is 417 g/mol. The van der Waals surface area contributed by atoms with Crippen LogP contribution in [0.15, 0.2) is 65.0 Å². The van der Waals surface area contributed by atoms with Gasteiger partial charge in [0.2, 0.25) is 5.91 Å². The van der Waals surface area contributed by atoms with Crippen molar-refractivity contribution in [1.29, 1.82) is 0 Å². The van der Waals surface area contributed by atoms with Gasteiger partial charge in [0.25, 0.3) is 0 Å². The fourth-order valence-corrected chi connectivity index (χ4v) is 4.10. The van der Waals surface area contributed by atoms with Gasteiger partial charge < -0.3 is 5.32 Å². The van der Waals surface area contributed by atoms with Gasteiger partial charge in [-0.2, -0.15) is 0 Å². The number of benzene rings is 2. The Morgan fingerprint density at radius 3 is 2.67 bits per heavy atom. The number of nitrogens with zero attached hydrogens (tertiary/aromatic N) is 2.